The van der Waals surface area contributed by atoms with Gasteiger partial charge in [-0.05, 0) is 23.3 Å². The van der Waals surface area contributed by atoms with Crippen LogP contribution in [0.4, 0.5) is 0 Å². The molecule has 0 radical (unpaired) electrons. The normalized spacial score (nSPS) is 10.8. The SMILES string of the molecule is Cc1ccc2cn(Cc3ccccc3)c(=O)cc2c1. The minimum atomic E-state index is 0.0435. The van der Waals surface area contributed by atoms with Crippen molar-refractivity contribution in [2.45, 2.75) is 13.5 Å². The molecule has 3 rings (SSSR count). The molecule has 0 bridgehead atoms. The second-order valence-corrected chi connectivity index (χ2v) is 4.86. The molecule has 94 valence electrons. The number of hydrogen-bond donors (Lipinski definition) is 0. The zero-order valence-electron chi connectivity index (χ0n) is 10.8. The first-order valence-electron chi connectivity index (χ1n) is 6.37. The number of benzene rings is 2. The van der Waals surface area contributed by atoms with Crippen LogP contribution in [0.1, 0.15) is 11.1 Å². The largest absolute Gasteiger partial charge is 0.310 e. The predicted octanol–water partition coefficient (Wildman–Crippen LogP) is 3.36. The van der Waals surface area contributed by atoms with Gasteiger partial charge in [0.15, 0.2) is 0 Å². The molecule has 0 fully saturated rings. The molecule has 19 heavy (non-hydrogen) atoms. The van der Waals surface area contributed by atoms with Gasteiger partial charge in [0.1, 0.15) is 0 Å². The highest BCUT2D eigenvalue weighted by Crippen LogP contribution is 2.14. The highest BCUT2D eigenvalue weighted by molar-refractivity contribution is 5.82. The Balaban J connectivity index is 2.07. The summed E-state index contributed by atoms with van der Waals surface area (Å²) in [7, 11) is 0. The van der Waals surface area contributed by atoms with E-state index in [1.54, 1.807) is 10.6 Å². The van der Waals surface area contributed by atoms with Crippen molar-refractivity contribution in [2.75, 3.05) is 0 Å². The summed E-state index contributed by atoms with van der Waals surface area (Å²) < 4.78 is 1.76. The van der Waals surface area contributed by atoms with E-state index in [1.807, 2.05) is 49.5 Å². The van der Waals surface area contributed by atoms with Crippen molar-refractivity contribution in [3.63, 3.8) is 0 Å². The molecular formula is C17H15NO. The van der Waals surface area contributed by atoms with E-state index in [9.17, 15) is 4.79 Å². The van der Waals surface area contributed by atoms with Gasteiger partial charge in [0, 0.05) is 12.3 Å². The number of rotatable bonds is 2. The van der Waals surface area contributed by atoms with Gasteiger partial charge in [-0.15, -0.1) is 0 Å². The quantitative estimate of drug-likeness (QED) is 0.682. The van der Waals surface area contributed by atoms with Crippen LogP contribution in [0.2, 0.25) is 0 Å². The third kappa shape index (κ3) is 2.43. The molecule has 2 nitrogen and oxygen atoms in total. The Hall–Kier alpha value is -2.35. The van der Waals surface area contributed by atoms with E-state index >= 15 is 0 Å². The van der Waals surface area contributed by atoms with Crippen LogP contribution in [0.3, 0.4) is 0 Å². The molecule has 0 aliphatic rings. The smallest absolute Gasteiger partial charge is 0.251 e. The molecule has 1 heterocycles. The van der Waals surface area contributed by atoms with Crippen molar-refractivity contribution in [1.82, 2.24) is 4.57 Å². The Bertz CT molecular complexity index is 772. The lowest BCUT2D eigenvalue weighted by molar-refractivity contribution is 0.766. The van der Waals surface area contributed by atoms with E-state index in [4.69, 9.17) is 0 Å². The maximum Gasteiger partial charge on any atom is 0.251 e. The molecule has 1 aromatic heterocycles. The number of aromatic nitrogens is 1. The van der Waals surface area contributed by atoms with Crippen molar-refractivity contribution < 1.29 is 0 Å². The molecular weight excluding hydrogens is 234 g/mol. The molecule has 0 unspecified atom stereocenters. The lowest BCUT2D eigenvalue weighted by Gasteiger charge is -2.08. The summed E-state index contributed by atoms with van der Waals surface area (Å²) in [5.74, 6) is 0. The van der Waals surface area contributed by atoms with Crippen molar-refractivity contribution >= 4 is 10.8 Å². The summed E-state index contributed by atoms with van der Waals surface area (Å²) in [6, 6.07) is 17.9. The predicted molar refractivity (Wildman–Crippen MR) is 78.5 cm³/mol. The highest BCUT2D eigenvalue weighted by atomic mass is 16.1. The van der Waals surface area contributed by atoms with Crippen molar-refractivity contribution in [2.24, 2.45) is 0 Å². The van der Waals surface area contributed by atoms with Crippen LogP contribution >= 0.6 is 0 Å². The second kappa shape index (κ2) is 4.73. The molecule has 0 saturated carbocycles. The Kier molecular flexibility index (Phi) is 2.92. The average molecular weight is 249 g/mol. The molecule has 0 atom stereocenters. The van der Waals surface area contributed by atoms with Crippen LogP contribution < -0.4 is 5.56 Å². The van der Waals surface area contributed by atoms with Gasteiger partial charge in [0.2, 0.25) is 0 Å². The Morgan fingerprint density at radius 2 is 1.74 bits per heavy atom. The van der Waals surface area contributed by atoms with Gasteiger partial charge < -0.3 is 4.57 Å². The van der Waals surface area contributed by atoms with Gasteiger partial charge in [-0.3, -0.25) is 4.79 Å². The van der Waals surface area contributed by atoms with Gasteiger partial charge in [0.05, 0.1) is 6.54 Å². The second-order valence-electron chi connectivity index (χ2n) is 4.86. The Morgan fingerprint density at radius 1 is 0.947 bits per heavy atom. The molecule has 0 N–H and O–H groups in total. The van der Waals surface area contributed by atoms with E-state index in [0.29, 0.717) is 6.54 Å². The highest BCUT2D eigenvalue weighted by Gasteiger charge is 2.01. The molecule has 0 aliphatic heterocycles. The van der Waals surface area contributed by atoms with Gasteiger partial charge >= 0.3 is 0 Å². The summed E-state index contributed by atoms with van der Waals surface area (Å²) in [5.41, 5.74) is 2.35. The summed E-state index contributed by atoms with van der Waals surface area (Å²) in [6.45, 7) is 2.65. The average Bonchev–Trinajstić information content (AvgIpc) is 2.41. The number of nitrogens with zero attached hydrogens (tertiary/aromatic N) is 1. The number of aryl methyl sites for hydroxylation is 1. The fourth-order valence-electron chi connectivity index (χ4n) is 2.29. The first-order chi connectivity index (χ1) is 9.22. The Morgan fingerprint density at radius 3 is 2.53 bits per heavy atom. The number of hydrogen-bond acceptors (Lipinski definition) is 1. The lowest BCUT2D eigenvalue weighted by atomic mass is 10.1. The molecule has 2 heteroatoms. The van der Waals surface area contributed by atoms with Gasteiger partial charge in [-0.2, -0.15) is 0 Å². The van der Waals surface area contributed by atoms with E-state index in [0.717, 1.165) is 16.3 Å². The van der Waals surface area contributed by atoms with Crippen LogP contribution in [0, 0.1) is 6.92 Å². The van der Waals surface area contributed by atoms with Crippen molar-refractivity contribution in [1.29, 1.82) is 0 Å². The van der Waals surface area contributed by atoms with Gasteiger partial charge in [0.25, 0.3) is 5.56 Å². The summed E-state index contributed by atoms with van der Waals surface area (Å²) in [5, 5.41) is 2.11. The van der Waals surface area contributed by atoms with E-state index in [1.165, 1.54) is 5.56 Å². The monoisotopic (exact) mass is 249 g/mol. The zero-order chi connectivity index (χ0) is 13.2. The van der Waals surface area contributed by atoms with Gasteiger partial charge in [-0.1, -0.05) is 54.1 Å². The summed E-state index contributed by atoms with van der Waals surface area (Å²) in [4.78, 5) is 12.1. The molecule has 3 aromatic rings. The van der Waals surface area contributed by atoms with Crippen LogP contribution in [0.5, 0.6) is 0 Å². The van der Waals surface area contributed by atoms with Crippen LogP contribution in [-0.2, 0) is 6.54 Å². The Labute approximate surface area is 111 Å². The summed E-state index contributed by atoms with van der Waals surface area (Å²) >= 11 is 0. The number of pyridine rings is 1. The topological polar surface area (TPSA) is 22.0 Å². The third-order valence-electron chi connectivity index (χ3n) is 3.30. The van der Waals surface area contributed by atoms with E-state index in [2.05, 4.69) is 12.1 Å². The summed E-state index contributed by atoms with van der Waals surface area (Å²) in [6.07, 6.45) is 1.93. The minimum absolute atomic E-state index is 0.0435. The fourth-order valence-corrected chi connectivity index (χ4v) is 2.29. The van der Waals surface area contributed by atoms with E-state index < -0.39 is 0 Å². The maximum atomic E-state index is 12.1. The van der Waals surface area contributed by atoms with Crippen LogP contribution in [-0.4, -0.2) is 4.57 Å². The van der Waals surface area contributed by atoms with Gasteiger partial charge in [-0.25, -0.2) is 0 Å². The molecule has 2 aromatic carbocycles. The first kappa shape index (κ1) is 11.7. The minimum Gasteiger partial charge on any atom is -0.310 e. The maximum absolute atomic E-state index is 12.1. The van der Waals surface area contributed by atoms with Crippen molar-refractivity contribution in [3.05, 3.63) is 82.3 Å². The van der Waals surface area contributed by atoms with Crippen LogP contribution in [0.25, 0.3) is 10.8 Å². The molecule has 0 saturated heterocycles. The van der Waals surface area contributed by atoms with Crippen molar-refractivity contribution in [3.8, 4) is 0 Å². The fraction of sp³-hybridized carbons (Fsp3) is 0.118. The molecule has 0 spiro atoms. The number of fused-ring (bicyclic) bond motifs is 1. The molecule has 0 amide bonds. The zero-order valence-corrected chi connectivity index (χ0v) is 10.8. The standard InChI is InChI=1S/C17H15NO/c1-13-7-8-15-12-18(17(19)10-16(15)9-13)11-14-5-3-2-4-6-14/h2-10,12H,11H2,1H3. The van der Waals surface area contributed by atoms with Crippen LogP contribution in [0.15, 0.2) is 65.6 Å². The third-order valence-corrected chi connectivity index (χ3v) is 3.30. The van der Waals surface area contributed by atoms with E-state index in [-0.39, 0.29) is 5.56 Å². The molecule has 0 aliphatic carbocycles. The lowest BCUT2D eigenvalue weighted by Crippen LogP contribution is -2.18. The first-order valence-corrected chi connectivity index (χ1v) is 6.37.